The Balaban J connectivity index is 1.50. The van der Waals surface area contributed by atoms with Crippen molar-refractivity contribution < 1.29 is 33.6 Å². The molecule has 4 rings (SSSR count). The molecule has 4 heterocycles. The minimum atomic E-state index is -1.28. The summed E-state index contributed by atoms with van der Waals surface area (Å²) >= 11 is 2.42. The predicted molar refractivity (Wildman–Crippen MR) is 122 cm³/mol. The number of nitrogen functional groups attached to an aromatic ring is 1. The molecule has 14 heteroatoms. The normalized spacial score (nSPS) is 19.9. The quantitative estimate of drug-likeness (QED) is 0.191. The van der Waals surface area contributed by atoms with Gasteiger partial charge >= 0.3 is 5.97 Å². The Morgan fingerprint density at radius 3 is 2.88 bits per heavy atom. The van der Waals surface area contributed by atoms with Crippen molar-refractivity contribution in [2.45, 2.75) is 18.0 Å². The van der Waals surface area contributed by atoms with Gasteiger partial charge in [0.25, 0.3) is 11.8 Å². The van der Waals surface area contributed by atoms with Crippen LogP contribution in [0.4, 0.5) is 5.13 Å². The number of amides is 2. The fourth-order valence-electron chi connectivity index (χ4n) is 3.47. The van der Waals surface area contributed by atoms with Crippen molar-refractivity contribution in [3.63, 3.8) is 0 Å². The highest BCUT2D eigenvalue weighted by molar-refractivity contribution is 8.00. The van der Waals surface area contributed by atoms with E-state index in [1.165, 1.54) is 18.9 Å². The maximum Gasteiger partial charge on any atom is 0.356 e. The van der Waals surface area contributed by atoms with Gasteiger partial charge in [0, 0.05) is 17.5 Å². The number of hydrogen-bond donors (Lipinski definition) is 3. The first-order valence-electron chi connectivity index (χ1n) is 9.92. The average Bonchev–Trinajstić information content (AvgIpc) is 3.25. The van der Waals surface area contributed by atoms with Gasteiger partial charge < -0.3 is 25.7 Å². The topological polar surface area (TPSA) is 160 Å². The molecule has 2 amide bonds. The molecule has 34 heavy (non-hydrogen) atoms. The highest BCUT2D eigenvalue weighted by Gasteiger charge is 2.55. The highest BCUT2D eigenvalue weighted by Crippen LogP contribution is 2.40. The number of nitrogens with zero attached hydrogens (tertiary/aromatic N) is 4. The van der Waals surface area contributed by atoms with E-state index in [1.54, 1.807) is 5.38 Å². The zero-order valence-corrected chi connectivity index (χ0v) is 19.8. The minimum absolute atomic E-state index is 0.142. The van der Waals surface area contributed by atoms with E-state index in [4.69, 9.17) is 15.3 Å². The smallest absolute Gasteiger partial charge is 0.356 e. The molecule has 2 aliphatic heterocycles. The Bertz CT molecular complexity index is 1210. The van der Waals surface area contributed by atoms with Gasteiger partial charge in [-0.2, -0.15) is 0 Å². The van der Waals surface area contributed by atoms with E-state index >= 15 is 0 Å². The van der Waals surface area contributed by atoms with Crippen molar-refractivity contribution in [2.24, 2.45) is 12.2 Å². The number of aliphatic carboxylic acids is 1. The number of thiazole rings is 1. The number of aryl methyl sites for hydroxylation is 1. The maximum atomic E-state index is 12.9. The van der Waals surface area contributed by atoms with Crippen molar-refractivity contribution in [1.82, 2.24) is 15.2 Å². The van der Waals surface area contributed by atoms with Gasteiger partial charge in [-0.3, -0.25) is 14.5 Å². The zero-order valence-electron chi connectivity index (χ0n) is 18.1. The van der Waals surface area contributed by atoms with Gasteiger partial charge in [0.1, 0.15) is 37.0 Å². The third kappa shape index (κ3) is 4.41. The summed E-state index contributed by atoms with van der Waals surface area (Å²) in [7, 11) is 3.13. The van der Waals surface area contributed by atoms with Gasteiger partial charge in [-0.25, -0.2) is 14.3 Å². The van der Waals surface area contributed by atoms with Crippen LogP contribution in [0.25, 0.3) is 0 Å². The number of carbonyl (C=O) groups is 3. The lowest BCUT2D eigenvalue weighted by atomic mass is 10.0. The summed E-state index contributed by atoms with van der Waals surface area (Å²) in [6.07, 6.45) is 1.85. The molecule has 0 aromatic carbocycles. The van der Waals surface area contributed by atoms with Crippen molar-refractivity contribution in [2.75, 3.05) is 18.6 Å². The Morgan fingerprint density at radius 1 is 1.44 bits per heavy atom. The third-order valence-corrected chi connectivity index (χ3v) is 7.07. The number of oxime groups is 1. The standard InChI is InChI=1S/C20H20N6O6S2/c1-25-6-4-3-5-10(25)7-32-12-9-33-18-14(17(28)26(18)15(12)19(29)30)23-16(27)13(24-31-2)11-8-34-20(21)22-11/h3-6,8,14,18H,7,9H2,1-2H3,(H3-,21,22,23,27,29,30)/p+1/b24-13-/t14-,18-/m1/s1. The first-order valence-corrected chi connectivity index (χ1v) is 11.9. The lowest BCUT2D eigenvalue weighted by molar-refractivity contribution is -0.681. The van der Waals surface area contributed by atoms with Crippen LogP contribution in [0.3, 0.4) is 0 Å². The summed E-state index contributed by atoms with van der Waals surface area (Å²) in [5.74, 6) is -2.12. The summed E-state index contributed by atoms with van der Waals surface area (Å²) in [5.41, 5.74) is 6.30. The molecule has 2 aromatic heterocycles. The number of nitrogens with one attached hydrogen (secondary N) is 1. The van der Waals surface area contributed by atoms with E-state index < -0.39 is 29.2 Å². The number of carbonyl (C=O) groups excluding carboxylic acids is 2. The second-order valence-electron chi connectivity index (χ2n) is 7.22. The van der Waals surface area contributed by atoms with Crippen LogP contribution in [0.5, 0.6) is 0 Å². The summed E-state index contributed by atoms with van der Waals surface area (Å²) in [4.78, 5) is 47.6. The molecular formula is C20H21N6O6S2+. The summed E-state index contributed by atoms with van der Waals surface area (Å²) < 4.78 is 7.65. The van der Waals surface area contributed by atoms with Crippen molar-refractivity contribution in [3.05, 3.63) is 52.6 Å². The van der Waals surface area contributed by atoms with Crippen LogP contribution in [0.1, 0.15) is 11.4 Å². The Hall–Kier alpha value is -3.65. The summed E-state index contributed by atoms with van der Waals surface area (Å²) in [5, 5.41) is 17.3. The van der Waals surface area contributed by atoms with Crippen LogP contribution in [0.15, 0.2) is 46.4 Å². The number of thioether (sulfide) groups is 1. The number of nitrogens with two attached hydrogens (primary N) is 1. The molecule has 2 aromatic rings. The van der Waals surface area contributed by atoms with Gasteiger partial charge in [-0.1, -0.05) is 5.16 Å². The Labute approximate surface area is 202 Å². The number of rotatable bonds is 8. The number of ether oxygens (including phenoxy) is 1. The van der Waals surface area contributed by atoms with Crippen LogP contribution >= 0.6 is 23.1 Å². The van der Waals surface area contributed by atoms with E-state index in [2.05, 4.69) is 15.5 Å². The van der Waals surface area contributed by atoms with Crippen LogP contribution < -0.4 is 15.6 Å². The Kier molecular flexibility index (Phi) is 6.70. The molecule has 4 N–H and O–H groups in total. The summed E-state index contributed by atoms with van der Waals surface area (Å²) in [6.45, 7) is 0.143. The van der Waals surface area contributed by atoms with E-state index in [0.717, 1.165) is 21.9 Å². The number of anilines is 1. The molecule has 0 aliphatic carbocycles. The number of aromatic nitrogens is 2. The second kappa shape index (κ2) is 9.69. The monoisotopic (exact) mass is 505 g/mol. The third-order valence-electron chi connectivity index (χ3n) is 5.14. The molecule has 1 saturated heterocycles. The number of hydrogen-bond acceptors (Lipinski definition) is 10. The summed E-state index contributed by atoms with van der Waals surface area (Å²) in [6, 6.07) is 4.63. The molecule has 178 valence electrons. The van der Waals surface area contributed by atoms with Gasteiger partial charge in [0.2, 0.25) is 5.69 Å². The fraction of sp³-hybridized carbons (Fsp3) is 0.300. The molecule has 0 spiro atoms. The van der Waals surface area contributed by atoms with Gasteiger partial charge in [0.05, 0.1) is 5.75 Å². The average molecular weight is 506 g/mol. The van der Waals surface area contributed by atoms with E-state index in [-0.39, 0.29) is 40.4 Å². The molecule has 0 bridgehead atoms. The molecular weight excluding hydrogens is 484 g/mol. The van der Waals surface area contributed by atoms with Gasteiger partial charge in [-0.15, -0.1) is 23.1 Å². The molecule has 0 radical (unpaired) electrons. The maximum absolute atomic E-state index is 12.9. The van der Waals surface area contributed by atoms with Crippen LogP contribution in [-0.2, 0) is 37.6 Å². The van der Waals surface area contributed by atoms with E-state index in [9.17, 15) is 19.5 Å². The predicted octanol–water partition coefficient (Wildman–Crippen LogP) is -0.187. The second-order valence-corrected chi connectivity index (χ2v) is 9.22. The van der Waals surface area contributed by atoms with Crippen LogP contribution in [0, 0.1) is 0 Å². The Morgan fingerprint density at radius 2 is 2.24 bits per heavy atom. The SMILES string of the molecule is CO/N=C(\C(=O)N[C@@H]1C(=O)N2C(C(=O)O)=C(OCc3cccc[n+]3C)CS[C@H]12)c1csc(N)n1. The van der Waals surface area contributed by atoms with Crippen LogP contribution in [0.2, 0.25) is 0 Å². The zero-order chi connectivity index (χ0) is 24.4. The molecule has 0 saturated carbocycles. The number of β-lactam (4-membered cyclic amide) rings is 1. The molecule has 2 atom stereocenters. The first-order chi connectivity index (χ1) is 16.3. The lowest BCUT2D eigenvalue weighted by Gasteiger charge is -2.48. The fourth-order valence-corrected chi connectivity index (χ4v) is 5.30. The van der Waals surface area contributed by atoms with Crippen LogP contribution in [-0.4, -0.2) is 62.8 Å². The van der Waals surface area contributed by atoms with Crippen molar-refractivity contribution >= 4 is 51.7 Å². The number of carboxylic acids is 1. The van der Waals surface area contributed by atoms with Gasteiger partial charge in [0.15, 0.2) is 29.3 Å². The molecule has 0 unspecified atom stereocenters. The van der Waals surface area contributed by atoms with E-state index in [0.29, 0.717) is 0 Å². The molecule has 12 nitrogen and oxygen atoms in total. The lowest BCUT2D eigenvalue weighted by Crippen LogP contribution is -2.71. The number of carboxylic acid groups (broad SMARTS) is 1. The largest absolute Gasteiger partial charge is 0.484 e. The molecule has 1 fully saturated rings. The minimum Gasteiger partial charge on any atom is -0.484 e. The van der Waals surface area contributed by atoms with Gasteiger partial charge in [-0.05, 0) is 6.07 Å². The van der Waals surface area contributed by atoms with E-state index in [1.807, 2.05) is 36.0 Å². The number of pyridine rings is 1. The van der Waals surface area contributed by atoms with Crippen molar-refractivity contribution in [1.29, 1.82) is 0 Å². The first kappa shape index (κ1) is 23.5. The molecule has 2 aliphatic rings. The number of fused-ring (bicyclic) bond motifs is 1. The van der Waals surface area contributed by atoms with Crippen molar-refractivity contribution in [3.8, 4) is 0 Å². The highest BCUT2D eigenvalue weighted by atomic mass is 32.2.